The number of nitrogens with two attached hydrogens (primary N) is 1. The normalized spacial score (nSPS) is 8.50. The van der Waals surface area contributed by atoms with Crippen LogP contribution in [0.15, 0.2) is 0 Å². The van der Waals surface area contributed by atoms with E-state index in [1.54, 1.807) is 0 Å². The van der Waals surface area contributed by atoms with E-state index in [-0.39, 0.29) is 0 Å². The summed E-state index contributed by atoms with van der Waals surface area (Å²) in [6, 6.07) is -0.767. The number of amides is 2. The van der Waals surface area contributed by atoms with E-state index in [2.05, 4.69) is 15.3 Å². The summed E-state index contributed by atoms with van der Waals surface area (Å²) < 4.78 is 4.20. The summed E-state index contributed by atoms with van der Waals surface area (Å²) in [5, 5.41) is -0.561. The molecule has 0 aliphatic rings. The van der Waals surface area contributed by atoms with Gasteiger partial charge in [0.1, 0.15) is 0 Å². The molecule has 0 aromatic rings. The first-order valence-corrected chi connectivity index (χ1v) is 3.03. The van der Waals surface area contributed by atoms with E-state index in [1.165, 1.54) is 7.11 Å². The van der Waals surface area contributed by atoms with Crippen molar-refractivity contribution >= 4 is 23.3 Å². The number of hydrogen-bond acceptors (Lipinski definition) is 5. The van der Waals surface area contributed by atoms with Crippen LogP contribution in [-0.4, -0.2) is 18.4 Å². The van der Waals surface area contributed by atoms with Crippen molar-refractivity contribution in [3.8, 4) is 0 Å². The lowest BCUT2D eigenvalue weighted by molar-refractivity contribution is 0.200. The van der Waals surface area contributed by atoms with Crippen LogP contribution in [0, 0.1) is 0 Å². The molecule has 6 nitrogen and oxygen atoms in total. The maximum atomic E-state index is 10.3. The fourth-order valence-corrected chi connectivity index (χ4v) is 0.477. The summed E-state index contributed by atoms with van der Waals surface area (Å²) in [6.45, 7) is 0. The average molecular weight is 165 g/mol. The van der Waals surface area contributed by atoms with Gasteiger partial charge < -0.3 is 10.5 Å². The molecule has 0 atom stereocenters. The molecule has 0 aliphatic heterocycles. The van der Waals surface area contributed by atoms with Crippen LogP contribution in [0.25, 0.3) is 0 Å². The minimum Gasteiger partial charge on any atom is -0.460 e. The number of methoxy groups -OCH3 is 1. The van der Waals surface area contributed by atoms with Crippen molar-refractivity contribution in [1.82, 2.24) is 10.3 Å². The topological polar surface area (TPSA) is 93.4 Å². The average Bonchev–Trinajstić information content (AvgIpc) is 1.87. The molecule has 0 heterocycles. The van der Waals surface area contributed by atoms with Gasteiger partial charge in [-0.25, -0.2) is 9.59 Å². The fourth-order valence-electron chi connectivity index (χ4n) is 0.159. The van der Waals surface area contributed by atoms with E-state index < -0.39 is 11.3 Å². The summed E-state index contributed by atoms with van der Waals surface area (Å²) in [7, 11) is 1.22. The van der Waals surface area contributed by atoms with E-state index in [0.717, 1.165) is 0 Å². The first-order chi connectivity index (χ1) is 4.66. The SMILES string of the molecule is COC(=O)SNNC(N)=O. The smallest absolute Gasteiger partial charge is 0.383 e. The fraction of sp³-hybridized carbons (Fsp3) is 0.333. The number of primary amides is 1. The number of hydrogen-bond donors (Lipinski definition) is 3. The highest BCUT2D eigenvalue weighted by atomic mass is 32.2. The zero-order valence-corrected chi connectivity index (χ0v) is 6.03. The van der Waals surface area contributed by atoms with Gasteiger partial charge in [0.25, 0.3) is 0 Å². The Labute approximate surface area is 61.6 Å². The number of nitrogens with one attached hydrogen (secondary N) is 2. The Balaban J connectivity index is 3.20. The van der Waals surface area contributed by atoms with Crippen LogP contribution in [0.5, 0.6) is 0 Å². The second kappa shape index (κ2) is 4.89. The lowest BCUT2D eigenvalue weighted by atomic mass is 11.2. The Bertz CT molecular complexity index is 139. The summed E-state index contributed by atoms with van der Waals surface area (Å²) in [5.41, 5.74) is 6.60. The number of hydrazine groups is 1. The van der Waals surface area contributed by atoms with Crippen LogP contribution in [0.4, 0.5) is 9.59 Å². The highest BCUT2D eigenvalue weighted by molar-refractivity contribution is 8.11. The monoisotopic (exact) mass is 165 g/mol. The third-order valence-electron chi connectivity index (χ3n) is 0.475. The second-order valence-corrected chi connectivity index (χ2v) is 1.89. The van der Waals surface area contributed by atoms with Crippen LogP contribution >= 0.6 is 11.9 Å². The molecule has 0 radical (unpaired) electrons. The zero-order chi connectivity index (χ0) is 7.98. The molecule has 0 fully saturated rings. The molecule has 58 valence electrons. The Kier molecular flexibility index (Phi) is 4.42. The molecule has 4 N–H and O–H groups in total. The number of urea groups is 1. The number of carbonyl (C=O) groups is 2. The minimum atomic E-state index is -0.767. The van der Waals surface area contributed by atoms with Crippen LogP contribution in [0.1, 0.15) is 0 Å². The van der Waals surface area contributed by atoms with Crippen molar-refractivity contribution in [3.63, 3.8) is 0 Å². The van der Waals surface area contributed by atoms with Crippen molar-refractivity contribution in [2.75, 3.05) is 7.11 Å². The Morgan fingerprint density at radius 3 is 2.60 bits per heavy atom. The van der Waals surface area contributed by atoms with Crippen LogP contribution < -0.4 is 16.0 Å². The van der Waals surface area contributed by atoms with Crippen LogP contribution in [-0.2, 0) is 4.74 Å². The second-order valence-electron chi connectivity index (χ2n) is 1.15. The number of ether oxygens (including phenoxy) is 1. The highest BCUT2D eigenvalue weighted by Gasteiger charge is 1.99. The van der Waals surface area contributed by atoms with Crippen molar-refractivity contribution in [2.45, 2.75) is 0 Å². The molecule has 0 bridgehead atoms. The summed E-state index contributed by atoms with van der Waals surface area (Å²) in [6.07, 6.45) is 0. The predicted molar refractivity (Wildman–Crippen MR) is 35.9 cm³/mol. The van der Waals surface area contributed by atoms with Gasteiger partial charge in [0.2, 0.25) is 0 Å². The third kappa shape index (κ3) is 5.19. The Morgan fingerprint density at radius 2 is 2.20 bits per heavy atom. The molecule has 0 unspecified atom stereocenters. The predicted octanol–water partition coefficient (Wildman–Crippen LogP) is -0.426. The van der Waals surface area contributed by atoms with Gasteiger partial charge in [-0.3, -0.25) is 5.43 Å². The molecule has 0 spiro atoms. The number of carbonyl (C=O) groups excluding carboxylic acids is 2. The van der Waals surface area contributed by atoms with E-state index >= 15 is 0 Å². The van der Waals surface area contributed by atoms with E-state index in [1.807, 2.05) is 5.43 Å². The Hall–Kier alpha value is -0.950. The van der Waals surface area contributed by atoms with Gasteiger partial charge in [0.05, 0.1) is 19.1 Å². The van der Waals surface area contributed by atoms with Gasteiger partial charge in [-0.1, -0.05) is 0 Å². The van der Waals surface area contributed by atoms with Gasteiger partial charge >= 0.3 is 11.3 Å². The number of rotatable bonds is 2. The van der Waals surface area contributed by atoms with Gasteiger partial charge in [0.15, 0.2) is 0 Å². The van der Waals surface area contributed by atoms with Crippen molar-refractivity contribution in [3.05, 3.63) is 0 Å². The lowest BCUT2D eigenvalue weighted by Gasteiger charge is -1.99. The van der Waals surface area contributed by atoms with E-state index in [9.17, 15) is 9.59 Å². The summed E-state index contributed by atoms with van der Waals surface area (Å²) in [5.74, 6) is 0. The van der Waals surface area contributed by atoms with Crippen molar-refractivity contribution < 1.29 is 14.3 Å². The molecule has 0 saturated heterocycles. The standard InChI is InChI=1S/C3H7N3O3S/c1-9-3(8)10-6-5-2(4)7/h6H,1H3,(H3,4,5,7). The molecular weight excluding hydrogens is 158 g/mol. The molecule has 0 aliphatic carbocycles. The van der Waals surface area contributed by atoms with Gasteiger partial charge in [-0.05, 0) is 0 Å². The van der Waals surface area contributed by atoms with Gasteiger partial charge in [0, 0.05) is 0 Å². The molecule has 0 rings (SSSR count). The van der Waals surface area contributed by atoms with E-state index in [0.29, 0.717) is 11.9 Å². The molecular formula is C3H7N3O3S. The van der Waals surface area contributed by atoms with Gasteiger partial charge in [-0.15, -0.1) is 0 Å². The minimum absolute atomic E-state index is 0.561. The summed E-state index contributed by atoms with van der Waals surface area (Å²) in [4.78, 5) is 22.4. The molecule has 0 aromatic heterocycles. The molecule has 2 amide bonds. The molecule has 0 saturated carbocycles. The molecule has 7 heteroatoms. The lowest BCUT2D eigenvalue weighted by Crippen LogP contribution is -2.37. The quantitative estimate of drug-likeness (QED) is 0.293. The van der Waals surface area contributed by atoms with Crippen LogP contribution in [0.2, 0.25) is 0 Å². The first kappa shape index (κ1) is 9.05. The van der Waals surface area contributed by atoms with Crippen LogP contribution in [0.3, 0.4) is 0 Å². The third-order valence-corrected chi connectivity index (χ3v) is 1.01. The Morgan fingerprint density at radius 1 is 1.60 bits per heavy atom. The van der Waals surface area contributed by atoms with E-state index in [4.69, 9.17) is 0 Å². The van der Waals surface area contributed by atoms with Crippen molar-refractivity contribution in [2.24, 2.45) is 5.73 Å². The molecule has 10 heavy (non-hydrogen) atoms. The maximum absolute atomic E-state index is 10.3. The maximum Gasteiger partial charge on any atom is 0.383 e. The zero-order valence-electron chi connectivity index (χ0n) is 5.21. The van der Waals surface area contributed by atoms with Gasteiger partial charge in [-0.2, -0.15) is 4.83 Å². The largest absolute Gasteiger partial charge is 0.460 e. The summed E-state index contributed by atoms with van der Waals surface area (Å²) >= 11 is 0.582. The molecule has 0 aromatic carbocycles. The highest BCUT2D eigenvalue weighted by Crippen LogP contribution is 1.94. The first-order valence-electron chi connectivity index (χ1n) is 2.22. The van der Waals surface area contributed by atoms with Crippen molar-refractivity contribution in [1.29, 1.82) is 0 Å².